The lowest BCUT2D eigenvalue weighted by Crippen LogP contribution is -2.55. The molecule has 7 heteroatoms. The van der Waals surface area contributed by atoms with E-state index in [0.29, 0.717) is 36.5 Å². The van der Waals surface area contributed by atoms with Crippen LogP contribution in [0.25, 0.3) is 0 Å². The van der Waals surface area contributed by atoms with Crippen molar-refractivity contribution >= 4 is 17.8 Å². The molecule has 0 aliphatic carbocycles. The fraction of sp³-hybridized carbons (Fsp3) is 0.350. The van der Waals surface area contributed by atoms with E-state index >= 15 is 0 Å². The molecule has 1 unspecified atom stereocenters. The summed E-state index contributed by atoms with van der Waals surface area (Å²) in [5.74, 6) is -0.682. The summed E-state index contributed by atoms with van der Waals surface area (Å²) in [4.78, 5) is 43.7. The van der Waals surface area contributed by atoms with E-state index in [1.165, 1.54) is 7.11 Å². The van der Waals surface area contributed by atoms with Gasteiger partial charge in [0, 0.05) is 37.4 Å². The number of hydrogen-bond acceptors (Lipinski definition) is 4. The normalized spacial score (nSPS) is 16.9. The number of nitrogens with one attached hydrogen (secondary N) is 1. The van der Waals surface area contributed by atoms with E-state index in [0.717, 1.165) is 5.56 Å². The van der Waals surface area contributed by atoms with Crippen LogP contribution in [-0.2, 0) is 4.74 Å². The highest BCUT2D eigenvalue weighted by molar-refractivity contribution is 5.99. The van der Waals surface area contributed by atoms with Gasteiger partial charge in [-0.05, 0) is 43.7 Å². The summed E-state index contributed by atoms with van der Waals surface area (Å²) in [6, 6.07) is 8.45. The molecule has 0 bridgehead atoms. The second-order valence-electron chi connectivity index (χ2n) is 6.70. The van der Waals surface area contributed by atoms with Crippen molar-refractivity contribution in [1.29, 1.82) is 0 Å². The molecular weight excluding hydrogens is 346 g/mol. The Morgan fingerprint density at radius 3 is 2.56 bits per heavy atom. The lowest BCUT2D eigenvalue weighted by Gasteiger charge is -2.39. The Hall–Kier alpha value is -3.09. The van der Waals surface area contributed by atoms with Crippen molar-refractivity contribution in [3.05, 3.63) is 58.9 Å². The van der Waals surface area contributed by atoms with E-state index in [2.05, 4.69) is 4.98 Å². The van der Waals surface area contributed by atoms with Gasteiger partial charge in [-0.1, -0.05) is 6.07 Å². The molecule has 7 nitrogen and oxygen atoms in total. The third kappa shape index (κ3) is 3.72. The molecule has 1 aliphatic rings. The minimum Gasteiger partial charge on any atom is -0.465 e. The zero-order chi connectivity index (χ0) is 19.6. The fourth-order valence-corrected chi connectivity index (χ4v) is 3.33. The predicted molar refractivity (Wildman–Crippen MR) is 99.7 cm³/mol. The van der Waals surface area contributed by atoms with E-state index < -0.39 is 5.97 Å². The van der Waals surface area contributed by atoms with Gasteiger partial charge in [0.25, 0.3) is 11.8 Å². The number of carbonyl (C=O) groups excluding carboxylic acids is 3. The van der Waals surface area contributed by atoms with E-state index in [4.69, 9.17) is 4.74 Å². The molecule has 1 aromatic heterocycles. The Morgan fingerprint density at radius 1 is 1.15 bits per heavy atom. The van der Waals surface area contributed by atoms with E-state index in [9.17, 15) is 14.4 Å². The number of esters is 1. The molecule has 3 rings (SSSR count). The zero-order valence-corrected chi connectivity index (χ0v) is 15.7. The number of aromatic nitrogens is 1. The van der Waals surface area contributed by atoms with Crippen molar-refractivity contribution in [2.45, 2.75) is 19.9 Å². The van der Waals surface area contributed by atoms with Gasteiger partial charge in [-0.2, -0.15) is 0 Å². The highest BCUT2D eigenvalue weighted by atomic mass is 16.5. The number of amides is 2. The van der Waals surface area contributed by atoms with Gasteiger partial charge < -0.3 is 19.5 Å². The molecule has 142 valence electrons. The van der Waals surface area contributed by atoms with Crippen LogP contribution in [0.2, 0.25) is 0 Å². The minimum atomic E-state index is -0.461. The number of carbonyl (C=O) groups is 3. The van der Waals surface area contributed by atoms with Gasteiger partial charge in [-0.25, -0.2) is 4.79 Å². The van der Waals surface area contributed by atoms with E-state index in [1.54, 1.807) is 53.3 Å². The molecule has 2 heterocycles. The molecule has 1 aliphatic heterocycles. The van der Waals surface area contributed by atoms with Crippen LogP contribution < -0.4 is 0 Å². The summed E-state index contributed by atoms with van der Waals surface area (Å²) in [5, 5.41) is 0. The summed E-state index contributed by atoms with van der Waals surface area (Å²) in [6.07, 6.45) is 1.72. The smallest absolute Gasteiger partial charge is 0.338 e. The lowest BCUT2D eigenvalue weighted by molar-refractivity contribution is 0.0411. The van der Waals surface area contributed by atoms with Crippen molar-refractivity contribution in [1.82, 2.24) is 14.8 Å². The highest BCUT2D eigenvalue weighted by Gasteiger charge is 2.31. The summed E-state index contributed by atoms with van der Waals surface area (Å²) in [6.45, 7) is 5.06. The first-order valence-corrected chi connectivity index (χ1v) is 8.85. The van der Waals surface area contributed by atoms with Crippen LogP contribution in [-0.4, -0.2) is 65.4 Å². The number of H-pyrrole nitrogens is 1. The second kappa shape index (κ2) is 7.65. The van der Waals surface area contributed by atoms with Crippen LogP contribution in [0, 0.1) is 6.92 Å². The molecule has 27 heavy (non-hydrogen) atoms. The van der Waals surface area contributed by atoms with Crippen molar-refractivity contribution in [3.63, 3.8) is 0 Å². The number of benzene rings is 1. The van der Waals surface area contributed by atoms with Crippen LogP contribution in [0.5, 0.6) is 0 Å². The van der Waals surface area contributed by atoms with Gasteiger partial charge >= 0.3 is 5.97 Å². The van der Waals surface area contributed by atoms with Crippen LogP contribution in [0.15, 0.2) is 36.5 Å². The number of methoxy groups -OCH3 is 1. The standard InChI is InChI=1S/C20H23N3O4/c1-13-6-7-15(11-16(13)20(26)27-3)18(24)22-9-10-23(14(2)12-22)19(25)17-5-4-8-21-17/h4-8,11,14,21H,9-10,12H2,1-3H3. The van der Waals surface area contributed by atoms with Crippen molar-refractivity contribution < 1.29 is 19.1 Å². The Morgan fingerprint density at radius 2 is 1.93 bits per heavy atom. The molecule has 1 N–H and O–H groups in total. The van der Waals surface area contributed by atoms with E-state index in [1.807, 2.05) is 6.92 Å². The van der Waals surface area contributed by atoms with Gasteiger partial charge in [-0.15, -0.1) is 0 Å². The Bertz CT molecular complexity index is 860. The minimum absolute atomic E-state index is 0.0667. The number of nitrogens with zero attached hydrogens (tertiary/aromatic N) is 2. The number of rotatable bonds is 3. The number of piperazine rings is 1. The van der Waals surface area contributed by atoms with Gasteiger partial charge in [0.05, 0.1) is 12.7 Å². The SMILES string of the molecule is COC(=O)c1cc(C(=O)N2CCN(C(=O)c3ccc[nH]3)C(C)C2)ccc1C. The van der Waals surface area contributed by atoms with Crippen molar-refractivity contribution in [2.24, 2.45) is 0 Å². The molecule has 1 atom stereocenters. The Kier molecular flexibility index (Phi) is 5.30. The maximum Gasteiger partial charge on any atom is 0.338 e. The fourth-order valence-electron chi connectivity index (χ4n) is 3.33. The first-order valence-electron chi connectivity index (χ1n) is 8.85. The quantitative estimate of drug-likeness (QED) is 0.840. The first kappa shape index (κ1) is 18.7. The van der Waals surface area contributed by atoms with E-state index in [-0.39, 0.29) is 17.9 Å². The maximum atomic E-state index is 12.9. The average Bonchev–Trinajstić information content (AvgIpc) is 3.21. The third-order valence-corrected chi connectivity index (χ3v) is 4.89. The third-order valence-electron chi connectivity index (χ3n) is 4.89. The maximum absolute atomic E-state index is 12.9. The largest absolute Gasteiger partial charge is 0.465 e. The van der Waals surface area contributed by atoms with Gasteiger partial charge in [0.1, 0.15) is 5.69 Å². The average molecular weight is 369 g/mol. The Balaban J connectivity index is 1.73. The summed E-state index contributed by atoms with van der Waals surface area (Å²) in [5.41, 5.74) is 2.13. The predicted octanol–water partition coefficient (Wildman–Crippen LogP) is 2.10. The second-order valence-corrected chi connectivity index (χ2v) is 6.70. The van der Waals surface area contributed by atoms with Crippen LogP contribution >= 0.6 is 0 Å². The number of aryl methyl sites for hydroxylation is 1. The van der Waals surface area contributed by atoms with Crippen LogP contribution in [0.3, 0.4) is 0 Å². The molecule has 0 saturated carbocycles. The van der Waals surface area contributed by atoms with Gasteiger partial charge in [-0.3, -0.25) is 9.59 Å². The number of aromatic amines is 1. The van der Waals surface area contributed by atoms with Crippen molar-refractivity contribution in [3.8, 4) is 0 Å². The Labute approximate surface area is 157 Å². The molecule has 2 amide bonds. The molecule has 1 fully saturated rings. The lowest BCUT2D eigenvalue weighted by atomic mass is 10.0. The summed E-state index contributed by atoms with van der Waals surface area (Å²) < 4.78 is 4.78. The van der Waals surface area contributed by atoms with Gasteiger partial charge in [0.2, 0.25) is 0 Å². The van der Waals surface area contributed by atoms with Crippen molar-refractivity contribution in [2.75, 3.05) is 26.7 Å². The molecule has 2 aromatic rings. The molecule has 1 saturated heterocycles. The molecule has 0 radical (unpaired) electrons. The number of hydrogen-bond donors (Lipinski definition) is 1. The molecule has 1 aromatic carbocycles. The molecular formula is C20H23N3O4. The first-order chi connectivity index (χ1) is 12.9. The number of ether oxygens (including phenoxy) is 1. The van der Waals surface area contributed by atoms with Crippen LogP contribution in [0.4, 0.5) is 0 Å². The van der Waals surface area contributed by atoms with Gasteiger partial charge in [0.15, 0.2) is 0 Å². The molecule has 0 spiro atoms. The highest BCUT2D eigenvalue weighted by Crippen LogP contribution is 2.18. The summed E-state index contributed by atoms with van der Waals surface area (Å²) in [7, 11) is 1.32. The zero-order valence-electron chi connectivity index (χ0n) is 15.7. The topological polar surface area (TPSA) is 82.7 Å². The summed E-state index contributed by atoms with van der Waals surface area (Å²) >= 11 is 0. The van der Waals surface area contributed by atoms with Crippen LogP contribution in [0.1, 0.15) is 43.7 Å². The monoisotopic (exact) mass is 369 g/mol.